The van der Waals surface area contributed by atoms with Gasteiger partial charge in [-0.3, -0.25) is 0 Å². The lowest BCUT2D eigenvalue weighted by Crippen LogP contribution is -2.17. The fourth-order valence-electron chi connectivity index (χ4n) is 1.49. The van der Waals surface area contributed by atoms with E-state index in [2.05, 4.69) is 43.2 Å². The molecule has 0 spiro atoms. The molecular weight excluding hydrogens is 236 g/mol. The Kier molecular flexibility index (Phi) is 3.74. The van der Waals surface area contributed by atoms with Crippen molar-refractivity contribution in [2.45, 2.75) is 33.4 Å². The van der Waals surface area contributed by atoms with Crippen LogP contribution in [0.5, 0.6) is 0 Å². The Labute approximate surface area is 104 Å². The molecule has 0 amide bonds. The predicted octanol–water partition coefficient (Wildman–Crippen LogP) is 3.67. The van der Waals surface area contributed by atoms with Gasteiger partial charge in [-0.25, -0.2) is 4.98 Å². The van der Waals surface area contributed by atoms with Crippen molar-refractivity contribution >= 4 is 22.7 Å². The lowest BCUT2D eigenvalue weighted by Gasteiger charge is -2.09. The second-order valence-corrected chi connectivity index (χ2v) is 6.56. The van der Waals surface area contributed by atoms with Crippen LogP contribution in [0.1, 0.15) is 32.6 Å². The molecule has 0 aliphatic rings. The Morgan fingerprint density at radius 3 is 2.62 bits per heavy atom. The summed E-state index contributed by atoms with van der Waals surface area (Å²) in [7, 11) is 0. The third-order valence-corrected chi connectivity index (χ3v) is 4.48. The van der Waals surface area contributed by atoms with Gasteiger partial charge in [0.1, 0.15) is 5.01 Å². The molecule has 1 N–H and O–H groups in total. The summed E-state index contributed by atoms with van der Waals surface area (Å²) < 4.78 is 0. The Morgan fingerprint density at radius 2 is 2.06 bits per heavy atom. The van der Waals surface area contributed by atoms with Gasteiger partial charge in [0, 0.05) is 27.4 Å². The first kappa shape index (κ1) is 11.8. The van der Waals surface area contributed by atoms with Crippen LogP contribution in [0.3, 0.4) is 0 Å². The lowest BCUT2D eigenvalue weighted by molar-refractivity contribution is 0.576. The first-order chi connectivity index (χ1) is 7.65. The minimum Gasteiger partial charge on any atom is -0.303 e. The zero-order valence-electron chi connectivity index (χ0n) is 9.78. The van der Waals surface area contributed by atoms with Gasteiger partial charge in [-0.2, -0.15) is 0 Å². The second kappa shape index (κ2) is 5.08. The number of aromatic nitrogens is 1. The van der Waals surface area contributed by atoms with Crippen LogP contribution in [-0.2, 0) is 6.54 Å². The number of thiophene rings is 1. The normalized spacial score (nSPS) is 12.9. The smallest absolute Gasteiger partial charge is 0.109 e. The summed E-state index contributed by atoms with van der Waals surface area (Å²) >= 11 is 3.62. The molecule has 1 unspecified atom stereocenters. The number of hydrogen-bond donors (Lipinski definition) is 1. The van der Waals surface area contributed by atoms with E-state index in [1.807, 2.05) is 17.5 Å². The van der Waals surface area contributed by atoms with E-state index in [4.69, 9.17) is 0 Å². The zero-order chi connectivity index (χ0) is 11.5. The molecule has 0 fully saturated rings. The summed E-state index contributed by atoms with van der Waals surface area (Å²) in [6, 6.07) is 4.69. The molecule has 0 aliphatic carbocycles. The summed E-state index contributed by atoms with van der Waals surface area (Å²) in [6.07, 6.45) is 1.94. The van der Waals surface area contributed by atoms with E-state index in [1.54, 1.807) is 11.3 Å². The molecule has 2 aromatic rings. The average molecular weight is 252 g/mol. The Bertz CT molecular complexity index is 459. The van der Waals surface area contributed by atoms with E-state index >= 15 is 0 Å². The van der Waals surface area contributed by atoms with Crippen LogP contribution in [0, 0.1) is 13.8 Å². The Balaban J connectivity index is 1.91. The number of hydrogen-bond acceptors (Lipinski definition) is 4. The van der Waals surface area contributed by atoms with Crippen LogP contribution >= 0.6 is 22.7 Å². The van der Waals surface area contributed by atoms with Gasteiger partial charge >= 0.3 is 0 Å². The van der Waals surface area contributed by atoms with Crippen molar-refractivity contribution < 1.29 is 0 Å². The first-order valence-electron chi connectivity index (χ1n) is 5.36. The number of nitrogens with one attached hydrogen (secondary N) is 1. The molecule has 4 heteroatoms. The molecule has 0 aromatic carbocycles. The van der Waals surface area contributed by atoms with Gasteiger partial charge in [-0.15, -0.1) is 22.7 Å². The number of rotatable bonds is 4. The van der Waals surface area contributed by atoms with Crippen molar-refractivity contribution in [2.24, 2.45) is 0 Å². The third kappa shape index (κ3) is 2.90. The molecule has 86 valence electrons. The molecule has 2 heterocycles. The van der Waals surface area contributed by atoms with Crippen molar-refractivity contribution in [3.63, 3.8) is 0 Å². The molecule has 16 heavy (non-hydrogen) atoms. The first-order valence-corrected chi connectivity index (χ1v) is 6.99. The van der Waals surface area contributed by atoms with Crippen molar-refractivity contribution in [1.82, 2.24) is 10.3 Å². The standard InChI is InChI=1S/C12H16N2S2/c1-8-4-5-11(15-8)7-13-10(3)12-14-6-9(2)16-12/h4-6,10,13H,7H2,1-3H3. The minimum absolute atomic E-state index is 0.334. The lowest BCUT2D eigenvalue weighted by atomic mass is 10.3. The number of aryl methyl sites for hydroxylation is 2. The average Bonchev–Trinajstić information content (AvgIpc) is 2.84. The fourth-order valence-corrected chi connectivity index (χ4v) is 3.14. The van der Waals surface area contributed by atoms with Crippen LogP contribution in [0.2, 0.25) is 0 Å². The molecule has 0 saturated heterocycles. The Hall–Kier alpha value is -0.710. The van der Waals surface area contributed by atoms with Gasteiger partial charge < -0.3 is 5.32 Å². The molecule has 0 saturated carbocycles. The Morgan fingerprint density at radius 1 is 1.25 bits per heavy atom. The van der Waals surface area contributed by atoms with Crippen molar-refractivity contribution in [3.05, 3.63) is 38.0 Å². The maximum Gasteiger partial charge on any atom is 0.109 e. The predicted molar refractivity (Wildman–Crippen MR) is 71.2 cm³/mol. The largest absolute Gasteiger partial charge is 0.303 e. The summed E-state index contributed by atoms with van der Waals surface area (Å²) in [6.45, 7) is 7.33. The van der Waals surface area contributed by atoms with E-state index in [1.165, 1.54) is 19.6 Å². The van der Waals surface area contributed by atoms with E-state index in [0.29, 0.717) is 6.04 Å². The van der Waals surface area contributed by atoms with Gasteiger partial charge in [-0.1, -0.05) is 0 Å². The second-order valence-electron chi connectivity index (χ2n) is 3.92. The highest BCUT2D eigenvalue weighted by atomic mass is 32.1. The summed E-state index contributed by atoms with van der Waals surface area (Å²) in [5, 5.41) is 4.67. The van der Waals surface area contributed by atoms with Crippen LogP contribution in [-0.4, -0.2) is 4.98 Å². The highest BCUT2D eigenvalue weighted by molar-refractivity contribution is 7.12. The topological polar surface area (TPSA) is 24.9 Å². The fraction of sp³-hybridized carbons (Fsp3) is 0.417. The van der Waals surface area contributed by atoms with E-state index in [-0.39, 0.29) is 0 Å². The van der Waals surface area contributed by atoms with Crippen LogP contribution in [0.4, 0.5) is 0 Å². The summed E-state index contributed by atoms with van der Waals surface area (Å²) in [5.74, 6) is 0. The molecule has 0 bridgehead atoms. The molecule has 1 atom stereocenters. The highest BCUT2D eigenvalue weighted by Gasteiger charge is 2.08. The summed E-state index contributed by atoms with van der Waals surface area (Å²) in [5.41, 5.74) is 0. The van der Waals surface area contributed by atoms with Gasteiger partial charge in [-0.05, 0) is 32.9 Å². The van der Waals surface area contributed by atoms with Gasteiger partial charge in [0.05, 0.1) is 6.04 Å². The molecule has 2 nitrogen and oxygen atoms in total. The zero-order valence-corrected chi connectivity index (χ0v) is 11.4. The molecule has 2 rings (SSSR count). The van der Waals surface area contributed by atoms with Crippen LogP contribution in [0.15, 0.2) is 18.3 Å². The summed E-state index contributed by atoms with van der Waals surface area (Å²) in [4.78, 5) is 8.42. The van der Waals surface area contributed by atoms with Gasteiger partial charge in [0.15, 0.2) is 0 Å². The maximum absolute atomic E-state index is 4.39. The van der Waals surface area contributed by atoms with E-state index in [0.717, 1.165) is 6.54 Å². The SMILES string of the molecule is Cc1ccc(CNC(C)c2ncc(C)s2)s1. The molecule has 0 aliphatic heterocycles. The molecule has 0 radical (unpaired) electrons. The van der Waals surface area contributed by atoms with Crippen LogP contribution < -0.4 is 5.32 Å². The quantitative estimate of drug-likeness (QED) is 0.898. The monoisotopic (exact) mass is 252 g/mol. The number of thiazole rings is 1. The van der Waals surface area contributed by atoms with Crippen molar-refractivity contribution in [2.75, 3.05) is 0 Å². The molecular formula is C12H16N2S2. The number of nitrogens with zero attached hydrogens (tertiary/aromatic N) is 1. The third-order valence-electron chi connectivity index (χ3n) is 2.39. The minimum atomic E-state index is 0.334. The van der Waals surface area contributed by atoms with Crippen molar-refractivity contribution in [3.8, 4) is 0 Å². The highest BCUT2D eigenvalue weighted by Crippen LogP contribution is 2.20. The van der Waals surface area contributed by atoms with E-state index in [9.17, 15) is 0 Å². The maximum atomic E-state index is 4.39. The van der Waals surface area contributed by atoms with Gasteiger partial charge in [0.2, 0.25) is 0 Å². The van der Waals surface area contributed by atoms with Crippen LogP contribution in [0.25, 0.3) is 0 Å². The van der Waals surface area contributed by atoms with E-state index < -0.39 is 0 Å². The van der Waals surface area contributed by atoms with Crippen molar-refractivity contribution in [1.29, 1.82) is 0 Å². The van der Waals surface area contributed by atoms with Gasteiger partial charge in [0.25, 0.3) is 0 Å². The molecule has 2 aromatic heterocycles.